The van der Waals surface area contributed by atoms with Crippen LogP contribution in [0.25, 0.3) is 5.69 Å². The molecule has 0 radical (unpaired) electrons. The van der Waals surface area contributed by atoms with Gasteiger partial charge < -0.3 is 14.2 Å². The van der Waals surface area contributed by atoms with Crippen molar-refractivity contribution >= 4 is 28.5 Å². The fourth-order valence-corrected chi connectivity index (χ4v) is 4.04. The van der Waals surface area contributed by atoms with Crippen molar-refractivity contribution in [1.82, 2.24) is 14.5 Å². The first-order chi connectivity index (χ1) is 13.1. The molecule has 8 heteroatoms. The SMILES string of the molecule is COC(=O)Nc1nc2c(s1)CN(C(=O)c1ccc(-n3cccc3)cc1)CC2. The molecule has 0 saturated carbocycles. The molecule has 0 saturated heterocycles. The van der Waals surface area contributed by atoms with Crippen LogP contribution in [-0.2, 0) is 17.7 Å². The van der Waals surface area contributed by atoms with Crippen LogP contribution < -0.4 is 5.32 Å². The lowest BCUT2D eigenvalue weighted by Crippen LogP contribution is -2.35. The zero-order chi connectivity index (χ0) is 18.8. The number of carbonyl (C=O) groups is 2. The largest absolute Gasteiger partial charge is 0.453 e. The van der Waals surface area contributed by atoms with E-state index in [1.54, 1.807) is 0 Å². The minimum Gasteiger partial charge on any atom is -0.453 e. The Morgan fingerprint density at radius 1 is 1.19 bits per heavy atom. The fraction of sp³-hybridized carbons (Fsp3) is 0.211. The lowest BCUT2D eigenvalue weighted by molar-refractivity contribution is 0.0736. The maximum Gasteiger partial charge on any atom is 0.413 e. The van der Waals surface area contributed by atoms with Crippen LogP contribution in [0.3, 0.4) is 0 Å². The predicted molar refractivity (Wildman–Crippen MR) is 102 cm³/mol. The van der Waals surface area contributed by atoms with Crippen molar-refractivity contribution in [3.63, 3.8) is 0 Å². The number of hydrogen-bond acceptors (Lipinski definition) is 5. The summed E-state index contributed by atoms with van der Waals surface area (Å²) in [7, 11) is 1.31. The Balaban J connectivity index is 1.47. The van der Waals surface area contributed by atoms with Crippen molar-refractivity contribution in [3.8, 4) is 5.69 Å². The van der Waals surface area contributed by atoms with E-state index in [0.29, 0.717) is 30.2 Å². The number of carbonyl (C=O) groups excluding carboxylic acids is 2. The highest BCUT2D eigenvalue weighted by Crippen LogP contribution is 2.29. The number of rotatable bonds is 3. The van der Waals surface area contributed by atoms with Crippen molar-refractivity contribution in [2.75, 3.05) is 19.0 Å². The third kappa shape index (κ3) is 3.56. The Morgan fingerprint density at radius 3 is 2.63 bits per heavy atom. The van der Waals surface area contributed by atoms with Gasteiger partial charge in [0.1, 0.15) is 0 Å². The number of fused-ring (bicyclic) bond motifs is 1. The molecule has 2 aromatic heterocycles. The first-order valence-electron chi connectivity index (χ1n) is 8.50. The Bertz CT molecular complexity index is 964. The molecule has 0 fully saturated rings. The summed E-state index contributed by atoms with van der Waals surface area (Å²) in [5, 5.41) is 3.08. The molecule has 0 aliphatic carbocycles. The molecule has 2 amide bonds. The van der Waals surface area contributed by atoms with Crippen molar-refractivity contribution < 1.29 is 14.3 Å². The van der Waals surface area contributed by atoms with E-state index < -0.39 is 6.09 Å². The summed E-state index contributed by atoms with van der Waals surface area (Å²) in [5.74, 6) is -0.00409. The second kappa shape index (κ2) is 7.24. The van der Waals surface area contributed by atoms with E-state index in [2.05, 4.69) is 15.0 Å². The molecule has 4 rings (SSSR count). The third-order valence-electron chi connectivity index (χ3n) is 4.43. The van der Waals surface area contributed by atoms with Crippen LogP contribution in [0, 0.1) is 0 Å². The van der Waals surface area contributed by atoms with E-state index in [4.69, 9.17) is 0 Å². The van der Waals surface area contributed by atoms with Gasteiger partial charge in [-0.25, -0.2) is 9.78 Å². The highest BCUT2D eigenvalue weighted by atomic mass is 32.1. The van der Waals surface area contributed by atoms with Crippen molar-refractivity contribution in [3.05, 3.63) is 64.9 Å². The number of nitrogens with one attached hydrogen (secondary N) is 1. The van der Waals surface area contributed by atoms with Gasteiger partial charge in [-0.3, -0.25) is 10.1 Å². The Morgan fingerprint density at radius 2 is 1.93 bits per heavy atom. The minimum atomic E-state index is -0.545. The van der Waals surface area contributed by atoms with Crippen molar-refractivity contribution in [1.29, 1.82) is 0 Å². The molecule has 3 aromatic rings. The minimum absolute atomic E-state index is 0.00409. The van der Waals surface area contributed by atoms with Crippen LogP contribution in [0.5, 0.6) is 0 Å². The Hall–Kier alpha value is -3.13. The molecule has 7 nitrogen and oxygen atoms in total. The van der Waals surface area contributed by atoms with Gasteiger partial charge in [0.05, 0.1) is 19.3 Å². The molecule has 3 heterocycles. The predicted octanol–water partition coefficient (Wildman–Crippen LogP) is 3.31. The van der Waals surface area contributed by atoms with Crippen molar-refractivity contribution in [2.24, 2.45) is 0 Å². The summed E-state index contributed by atoms with van der Waals surface area (Å²) in [4.78, 5) is 31.4. The van der Waals surface area contributed by atoms with Gasteiger partial charge >= 0.3 is 6.09 Å². The highest BCUT2D eigenvalue weighted by Gasteiger charge is 2.25. The molecule has 0 bridgehead atoms. The highest BCUT2D eigenvalue weighted by molar-refractivity contribution is 7.15. The summed E-state index contributed by atoms with van der Waals surface area (Å²) in [6, 6.07) is 11.5. The molecular formula is C19H18N4O3S. The van der Waals surface area contributed by atoms with Crippen LogP contribution >= 0.6 is 11.3 Å². The molecule has 1 N–H and O–H groups in total. The van der Waals surface area contributed by atoms with E-state index in [1.807, 2.05) is 58.3 Å². The summed E-state index contributed by atoms with van der Waals surface area (Å²) in [5.41, 5.74) is 2.60. The van der Waals surface area contributed by atoms with Crippen LogP contribution in [0.15, 0.2) is 48.8 Å². The molecule has 0 atom stereocenters. The Kier molecular flexibility index (Phi) is 4.64. The maximum atomic E-state index is 12.9. The summed E-state index contributed by atoms with van der Waals surface area (Å²) < 4.78 is 6.58. The number of benzene rings is 1. The summed E-state index contributed by atoms with van der Waals surface area (Å²) in [6.07, 6.45) is 4.05. The lowest BCUT2D eigenvalue weighted by atomic mass is 10.1. The summed E-state index contributed by atoms with van der Waals surface area (Å²) >= 11 is 1.38. The topological polar surface area (TPSA) is 76.5 Å². The van der Waals surface area contributed by atoms with Gasteiger partial charge in [0.2, 0.25) is 0 Å². The monoisotopic (exact) mass is 382 g/mol. The second-order valence-electron chi connectivity index (χ2n) is 6.12. The average Bonchev–Trinajstić information content (AvgIpc) is 3.36. The first kappa shape index (κ1) is 17.3. The molecular weight excluding hydrogens is 364 g/mol. The number of thiazole rings is 1. The molecule has 27 heavy (non-hydrogen) atoms. The number of ether oxygens (including phenoxy) is 1. The fourth-order valence-electron chi connectivity index (χ4n) is 3.03. The van der Waals surface area contributed by atoms with Gasteiger partial charge in [0, 0.05) is 41.5 Å². The molecule has 0 spiro atoms. The van der Waals surface area contributed by atoms with Gasteiger partial charge in [0.15, 0.2) is 5.13 Å². The van der Waals surface area contributed by atoms with E-state index in [0.717, 1.165) is 16.3 Å². The van der Waals surface area contributed by atoms with Crippen LogP contribution in [0.2, 0.25) is 0 Å². The Labute approximate surface area is 160 Å². The number of methoxy groups -OCH3 is 1. The van der Waals surface area contributed by atoms with E-state index >= 15 is 0 Å². The average molecular weight is 382 g/mol. The maximum absolute atomic E-state index is 12.9. The van der Waals surface area contributed by atoms with Gasteiger partial charge in [-0.15, -0.1) is 0 Å². The van der Waals surface area contributed by atoms with E-state index in [1.165, 1.54) is 18.4 Å². The number of aromatic nitrogens is 2. The molecule has 138 valence electrons. The number of anilines is 1. The van der Waals surface area contributed by atoms with Gasteiger partial charge in [-0.2, -0.15) is 0 Å². The third-order valence-corrected chi connectivity index (χ3v) is 5.43. The molecule has 0 unspecified atom stereocenters. The van der Waals surface area contributed by atoms with E-state index in [-0.39, 0.29) is 5.91 Å². The zero-order valence-electron chi connectivity index (χ0n) is 14.7. The van der Waals surface area contributed by atoms with E-state index in [9.17, 15) is 9.59 Å². The van der Waals surface area contributed by atoms with Gasteiger partial charge in [-0.05, 0) is 36.4 Å². The summed E-state index contributed by atoms with van der Waals surface area (Å²) in [6.45, 7) is 1.10. The van der Waals surface area contributed by atoms with Crippen LogP contribution in [0.4, 0.5) is 9.93 Å². The van der Waals surface area contributed by atoms with Crippen LogP contribution in [0.1, 0.15) is 20.9 Å². The number of hydrogen-bond donors (Lipinski definition) is 1. The van der Waals surface area contributed by atoms with Crippen LogP contribution in [-0.4, -0.2) is 40.1 Å². The molecule has 1 aliphatic rings. The number of nitrogens with zero attached hydrogens (tertiary/aromatic N) is 3. The quantitative estimate of drug-likeness (QED) is 0.754. The normalized spacial score (nSPS) is 13.1. The second-order valence-corrected chi connectivity index (χ2v) is 7.20. The molecule has 1 aliphatic heterocycles. The van der Waals surface area contributed by atoms with Gasteiger partial charge in [-0.1, -0.05) is 11.3 Å². The lowest BCUT2D eigenvalue weighted by Gasteiger charge is -2.26. The first-order valence-corrected chi connectivity index (χ1v) is 9.32. The van der Waals surface area contributed by atoms with Gasteiger partial charge in [0.25, 0.3) is 5.91 Å². The smallest absolute Gasteiger partial charge is 0.413 e. The standard InChI is InChI=1S/C19H18N4O3S/c1-26-19(25)21-18-20-15-8-11-23(12-16(15)27-18)17(24)13-4-6-14(7-5-13)22-9-2-3-10-22/h2-7,9-10H,8,11-12H2,1H3,(H,20,21,25). The molecule has 1 aromatic carbocycles. The number of amides is 2. The van der Waals surface area contributed by atoms with Crippen molar-refractivity contribution in [2.45, 2.75) is 13.0 Å². The zero-order valence-corrected chi connectivity index (χ0v) is 15.5.